The van der Waals surface area contributed by atoms with Gasteiger partial charge in [-0.25, -0.2) is 18.6 Å². The van der Waals surface area contributed by atoms with Gasteiger partial charge in [0.1, 0.15) is 0 Å². The fourth-order valence-electron chi connectivity index (χ4n) is 5.86. The van der Waals surface area contributed by atoms with Crippen molar-refractivity contribution >= 4 is 45.0 Å². The molecule has 0 bridgehead atoms. The van der Waals surface area contributed by atoms with E-state index in [-0.39, 0.29) is 23.3 Å². The number of hydrogen-bond acceptors (Lipinski definition) is 5. The predicted octanol–water partition coefficient (Wildman–Crippen LogP) is 6.05. The molecule has 1 heterocycles. The second-order valence-corrected chi connectivity index (χ2v) is 13.6. The molecule has 4 atom stereocenters. The molecule has 0 saturated heterocycles. The Balaban J connectivity index is 1.84. The molecule has 2 amide bonds. The number of nitrogens with zero attached hydrogens (tertiary/aromatic N) is 1. The van der Waals surface area contributed by atoms with Crippen LogP contribution in [0.1, 0.15) is 56.7 Å². The van der Waals surface area contributed by atoms with Crippen LogP contribution in [0.25, 0.3) is 0 Å². The van der Waals surface area contributed by atoms with E-state index in [4.69, 9.17) is 28.0 Å². The van der Waals surface area contributed by atoms with E-state index in [0.29, 0.717) is 34.6 Å². The minimum absolute atomic E-state index is 0.0906. The molecule has 0 radical (unpaired) electrons. The summed E-state index contributed by atoms with van der Waals surface area (Å²) in [7, 11) is -3.58. The van der Waals surface area contributed by atoms with Crippen molar-refractivity contribution in [3.8, 4) is 0 Å². The lowest BCUT2D eigenvalue weighted by atomic mass is 9.76. The number of hydrogen-bond donors (Lipinski definition) is 2. The Hall–Kier alpha value is -2.95. The van der Waals surface area contributed by atoms with E-state index in [2.05, 4.69) is 16.8 Å². The lowest BCUT2D eigenvalue weighted by molar-refractivity contribution is -0.146. The third-order valence-corrected chi connectivity index (χ3v) is 9.97. The zero-order chi connectivity index (χ0) is 31.1. The molecule has 0 aromatic heterocycles. The first kappa shape index (κ1) is 33.0. The average molecular weight is 647 g/mol. The minimum atomic E-state index is -3.58. The van der Waals surface area contributed by atoms with Gasteiger partial charge in [0.25, 0.3) is 11.8 Å². The zero-order valence-corrected chi connectivity index (χ0v) is 26.6. The van der Waals surface area contributed by atoms with Gasteiger partial charge in [0.05, 0.1) is 24.3 Å². The van der Waals surface area contributed by atoms with Gasteiger partial charge in [-0.1, -0.05) is 91.2 Å². The number of benzene rings is 2. The molecule has 2 aliphatic rings. The van der Waals surface area contributed by atoms with Crippen molar-refractivity contribution < 1.29 is 22.8 Å². The Kier molecular flexibility index (Phi) is 11.3. The maximum absolute atomic E-state index is 14.4. The fraction of sp³-hybridized carbons (Fsp3) is 0.375. The third-order valence-electron chi connectivity index (χ3n) is 7.99. The number of rotatable bonds is 11. The molecular formula is C32H37Cl2N3O5S. The molecule has 43 heavy (non-hydrogen) atoms. The molecule has 2 aromatic rings. The Bertz CT molecular complexity index is 1510. The van der Waals surface area contributed by atoms with Crippen LogP contribution < -0.4 is 10.2 Å². The average Bonchev–Trinajstić information content (AvgIpc) is 2.98. The molecule has 2 aromatic carbocycles. The predicted molar refractivity (Wildman–Crippen MR) is 170 cm³/mol. The van der Waals surface area contributed by atoms with Gasteiger partial charge in [-0.05, 0) is 61.6 Å². The van der Waals surface area contributed by atoms with Crippen LogP contribution in [0.15, 0.2) is 84.5 Å². The second kappa shape index (κ2) is 14.7. The third kappa shape index (κ3) is 7.77. The van der Waals surface area contributed by atoms with Crippen LogP contribution in [0, 0.1) is 5.92 Å². The van der Waals surface area contributed by atoms with Crippen LogP contribution in [-0.4, -0.2) is 43.0 Å². The Morgan fingerprint density at radius 1 is 1.14 bits per heavy atom. The summed E-state index contributed by atoms with van der Waals surface area (Å²) in [4.78, 5) is 35.7. The Morgan fingerprint density at radius 3 is 2.53 bits per heavy atom. The van der Waals surface area contributed by atoms with Crippen molar-refractivity contribution in [1.82, 2.24) is 15.1 Å². The van der Waals surface area contributed by atoms with E-state index < -0.39 is 40.0 Å². The largest absolute Gasteiger partial charge is 0.326 e. The van der Waals surface area contributed by atoms with Crippen LogP contribution in [-0.2, 0) is 31.1 Å². The topological polar surface area (TPSA) is 105 Å². The summed E-state index contributed by atoms with van der Waals surface area (Å²) in [6, 6.07) is 12.4. The number of amides is 2. The summed E-state index contributed by atoms with van der Waals surface area (Å²) in [5, 5.41) is 0.695. The number of allylic oxidation sites excluding steroid dienone is 2. The maximum atomic E-state index is 14.4. The molecule has 1 fully saturated rings. The van der Waals surface area contributed by atoms with Crippen LogP contribution in [0.2, 0.25) is 10.0 Å². The Labute approximate surface area is 263 Å². The molecule has 1 unspecified atom stereocenters. The zero-order valence-electron chi connectivity index (χ0n) is 24.3. The molecule has 1 aliphatic heterocycles. The highest BCUT2D eigenvalue weighted by Gasteiger charge is 2.49. The molecule has 11 heteroatoms. The minimum Gasteiger partial charge on any atom is -0.326 e. The van der Waals surface area contributed by atoms with E-state index >= 15 is 0 Å². The number of sulfonamides is 1. The molecule has 230 valence electrons. The number of nitrogens with one attached hydrogen (secondary N) is 2. The number of carbonyl (C=O) groups excluding carboxylic acids is 2. The summed E-state index contributed by atoms with van der Waals surface area (Å²) < 4.78 is 28.3. The van der Waals surface area contributed by atoms with Crippen LogP contribution in [0.3, 0.4) is 0 Å². The monoisotopic (exact) mass is 645 g/mol. The molecule has 1 aliphatic carbocycles. The van der Waals surface area contributed by atoms with Crippen LogP contribution in [0.4, 0.5) is 0 Å². The molecule has 0 spiro atoms. The first-order chi connectivity index (χ1) is 20.6. The van der Waals surface area contributed by atoms with Crippen molar-refractivity contribution in [3.63, 3.8) is 0 Å². The van der Waals surface area contributed by atoms with Gasteiger partial charge in [0, 0.05) is 27.7 Å². The fourth-order valence-corrected chi connectivity index (χ4v) is 7.28. The highest BCUT2D eigenvalue weighted by Crippen LogP contribution is 2.46. The quantitative estimate of drug-likeness (QED) is 0.229. The van der Waals surface area contributed by atoms with Crippen molar-refractivity contribution in [3.05, 3.63) is 106 Å². The summed E-state index contributed by atoms with van der Waals surface area (Å²) in [6.07, 6.45) is 7.51. The molecular weight excluding hydrogens is 609 g/mol. The lowest BCUT2D eigenvalue weighted by Gasteiger charge is -2.49. The maximum Gasteiger partial charge on any atom is 0.254 e. The first-order valence-electron chi connectivity index (χ1n) is 14.3. The highest BCUT2D eigenvalue weighted by atomic mass is 35.5. The first-order valence-corrected chi connectivity index (χ1v) is 16.7. The van der Waals surface area contributed by atoms with Crippen molar-refractivity contribution in [2.24, 2.45) is 5.92 Å². The van der Waals surface area contributed by atoms with Gasteiger partial charge in [0.2, 0.25) is 10.0 Å². The molecule has 1 saturated carbocycles. The molecule has 4 rings (SSSR count). The van der Waals surface area contributed by atoms with E-state index in [9.17, 15) is 18.0 Å². The van der Waals surface area contributed by atoms with E-state index in [0.717, 1.165) is 18.4 Å². The summed E-state index contributed by atoms with van der Waals surface area (Å²) in [5.41, 5.74) is 4.85. The van der Waals surface area contributed by atoms with E-state index in [1.165, 1.54) is 0 Å². The van der Waals surface area contributed by atoms with Crippen molar-refractivity contribution in [2.75, 3.05) is 5.75 Å². The SMILES string of the molecule is C=C/C=C\C1=C(C)[C@@H](C(=O)NOCc2ccccc2)[C@H](c2ccc(Cl)cc2Cl)N(C2CCCC[C@@H]2NS(=O)(=O)CC)C1=O. The van der Waals surface area contributed by atoms with Gasteiger partial charge < -0.3 is 4.90 Å². The van der Waals surface area contributed by atoms with Crippen molar-refractivity contribution in [1.29, 1.82) is 0 Å². The molecule has 2 N–H and O–H groups in total. The lowest BCUT2D eigenvalue weighted by Crippen LogP contribution is -2.60. The second-order valence-electron chi connectivity index (χ2n) is 10.7. The smallest absolute Gasteiger partial charge is 0.254 e. The summed E-state index contributed by atoms with van der Waals surface area (Å²) in [6.45, 7) is 7.19. The standard InChI is InChI=1S/C32H37Cl2N3O5S/c1-4-6-14-24-21(3)29(31(38)35-42-20-22-12-8-7-9-13-22)30(25-18-17-23(33)19-26(25)34)37(32(24)39)28-16-11-10-15-27(28)36-43(40,41)5-2/h4,6-9,12-14,17-19,27-30,36H,1,5,10-11,15-16,20H2,2-3H3,(H,35,38)/b14-6-/t27-,28?,29+,30-/m0/s1. The normalized spacial score (nSPS) is 23.1. The number of halogens is 2. The Morgan fingerprint density at radius 2 is 1.86 bits per heavy atom. The van der Waals surface area contributed by atoms with Crippen molar-refractivity contribution in [2.45, 2.75) is 64.3 Å². The van der Waals surface area contributed by atoms with Gasteiger partial charge >= 0.3 is 0 Å². The van der Waals surface area contributed by atoms with E-state index in [1.807, 2.05) is 30.3 Å². The summed E-state index contributed by atoms with van der Waals surface area (Å²) in [5.74, 6) is -1.80. The van der Waals surface area contributed by atoms with Crippen LogP contribution >= 0.6 is 23.2 Å². The van der Waals surface area contributed by atoms with Crippen LogP contribution in [0.5, 0.6) is 0 Å². The van der Waals surface area contributed by atoms with E-state index in [1.54, 1.807) is 55.2 Å². The van der Waals surface area contributed by atoms with Gasteiger partial charge in [0.15, 0.2) is 0 Å². The number of hydroxylamine groups is 1. The van der Waals surface area contributed by atoms with Gasteiger partial charge in [-0.15, -0.1) is 0 Å². The van der Waals surface area contributed by atoms with Gasteiger partial charge in [-0.3, -0.25) is 14.4 Å². The highest BCUT2D eigenvalue weighted by molar-refractivity contribution is 7.89. The number of carbonyl (C=O) groups is 2. The molecule has 8 nitrogen and oxygen atoms in total. The summed E-state index contributed by atoms with van der Waals surface area (Å²) >= 11 is 13.0. The van der Waals surface area contributed by atoms with Gasteiger partial charge in [-0.2, -0.15) is 0 Å².